The number of carbonyl (C=O) groups excluding carboxylic acids is 1. The molecule has 0 saturated heterocycles. The average molecular weight is 196 g/mol. The third-order valence-electron chi connectivity index (χ3n) is 2.22. The molecule has 0 aromatic heterocycles. The van der Waals surface area contributed by atoms with E-state index in [1.165, 1.54) is 6.92 Å². The molecule has 0 aliphatic rings. The SMILES string of the molecule is C=CCCC/C=C/CC(C)(O)C(C)=O. The molecule has 1 atom stereocenters. The van der Waals surface area contributed by atoms with E-state index in [0.717, 1.165) is 19.3 Å². The van der Waals surface area contributed by atoms with Crippen molar-refractivity contribution in [2.45, 2.75) is 45.1 Å². The summed E-state index contributed by atoms with van der Waals surface area (Å²) in [5.41, 5.74) is -1.20. The van der Waals surface area contributed by atoms with Crippen LogP contribution < -0.4 is 0 Å². The number of carbonyl (C=O) groups is 1. The third-order valence-corrected chi connectivity index (χ3v) is 2.22. The van der Waals surface area contributed by atoms with Crippen LogP contribution in [0.25, 0.3) is 0 Å². The third kappa shape index (κ3) is 5.70. The van der Waals surface area contributed by atoms with Crippen LogP contribution in [0.1, 0.15) is 39.5 Å². The summed E-state index contributed by atoms with van der Waals surface area (Å²) in [7, 11) is 0. The van der Waals surface area contributed by atoms with Crippen molar-refractivity contribution in [3.63, 3.8) is 0 Å². The molecule has 0 bridgehead atoms. The van der Waals surface area contributed by atoms with Gasteiger partial charge in [0.15, 0.2) is 5.78 Å². The summed E-state index contributed by atoms with van der Waals surface area (Å²) in [6.07, 6.45) is 9.21. The minimum absolute atomic E-state index is 0.187. The predicted octanol–water partition coefficient (Wildman–Crippen LogP) is 2.63. The second-order valence-electron chi connectivity index (χ2n) is 3.73. The quantitative estimate of drug-likeness (QED) is 0.502. The summed E-state index contributed by atoms with van der Waals surface area (Å²) in [6.45, 7) is 6.59. The van der Waals surface area contributed by atoms with Crippen LogP contribution in [-0.2, 0) is 4.79 Å². The summed E-state index contributed by atoms with van der Waals surface area (Å²) in [6, 6.07) is 0. The van der Waals surface area contributed by atoms with Gasteiger partial charge < -0.3 is 5.11 Å². The molecule has 0 spiro atoms. The average Bonchev–Trinajstić information content (AvgIpc) is 2.10. The molecule has 0 aliphatic heterocycles. The predicted molar refractivity (Wildman–Crippen MR) is 59.1 cm³/mol. The van der Waals surface area contributed by atoms with Gasteiger partial charge in [0.2, 0.25) is 0 Å². The van der Waals surface area contributed by atoms with E-state index in [2.05, 4.69) is 6.58 Å². The highest BCUT2D eigenvalue weighted by atomic mass is 16.3. The lowest BCUT2D eigenvalue weighted by atomic mass is 9.97. The Morgan fingerprint density at radius 2 is 2.07 bits per heavy atom. The number of hydrogen-bond donors (Lipinski definition) is 1. The first-order valence-electron chi connectivity index (χ1n) is 5.00. The molecule has 0 rings (SSSR count). The first-order chi connectivity index (χ1) is 6.50. The van der Waals surface area contributed by atoms with Crippen LogP contribution in [0, 0.1) is 0 Å². The highest BCUT2D eigenvalue weighted by Gasteiger charge is 2.23. The number of unbranched alkanes of at least 4 members (excludes halogenated alkanes) is 2. The Balaban J connectivity index is 3.70. The van der Waals surface area contributed by atoms with Crippen molar-refractivity contribution in [2.75, 3.05) is 0 Å². The summed E-state index contributed by atoms with van der Waals surface area (Å²) >= 11 is 0. The number of ketones is 1. The van der Waals surface area contributed by atoms with Crippen molar-refractivity contribution in [3.8, 4) is 0 Å². The van der Waals surface area contributed by atoms with Crippen molar-refractivity contribution in [1.82, 2.24) is 0 Å². The number of Topliss-reactive ketones (excluding diaryl/α,β-unsaturated/α-hetero) is 1. The molecule has 0 heterocycles. The monoisotopic (exact) mass is 196 g/mol. The Hall–Kier alpha value is -0.890. The fourth-order valence-electron chi connectivity index (χ4n) is 0.954. The lowest BCUT2D eigenvalue weighted by Gasteiger charge is -2.16. The first kappa shape index (κ1) is 13.1. The van der Waals surface area contributed by atoms with E-state index >= 15 is 0 Å². The van der Waals surface area contributed by atoms with Crippen LogP contribution in [0.5, 0.6) is 0 Å². The van der Waals surface area contributed by atoms with E-state index in [4.69, 9.17) is 0 Å². The van der Waals surface area contributed by atoms with Crippen LogP contribution in [0.3, 0.4) is 0 Å². The molecular weight excluding hydrogens is 176 g/mol. The van der Waals surface area contributed by atoms with Gasteiger partial charge in [-0.1, -0.05) is 18.2 Å². The summed E-state index contributed by atoms with van der Waals surface area (Å²) in [4.78, 5) is 10.9. The van der Waals surface area contributed by atoms with Gasteiger partial charge in [0, 0.05) is 6.42 Å². The van der Waals surface area contributed by atoms with Gasteiger partial charge in [-0.25, -0.2) is 0 Å². The second-order valence-corrected chi connectivity index (χ2v) is 3.73. The van der Waals surface area contributed by atoms with Gasteiger partial charge >= 0.3 is 0 Å². The second kappa shape index (κ2) is 6.55. The van der Waals surface area contributed by atoms with Crippen molar-refractivity contribution in [2.24, 2.45) is 0 Å². The molecule has 0 saturated carbocycles. The largest absolute Gasteiger partial charge is 0.382 e. The van der Waals surface area contributed by atoms with Crippen LogP contribution >= 0.6 is 0 Å². The lowest BCUT2D eigenvalue weighted by Crippen LogP contribution is -2.32. The van der Waals surface area contributed by atoms with Crippen molar-refractivity contribution < 1.29 is 9.90 Å². The van der Waals surface area contributed by atoms with Crippen molar-refractivity contribution in [3.05, 3.63) is 24.8 Å². The highest BCUT2D eigenvalue weighted by molar-refractivity contribution is 5.84. The first-order valence-corrected chi connectivity index (χ1v) is 5.00. The minimum atomic E-state index is -1.20. The van der Waals surface area contributed by atoms with Crippen LogP contribution in [0.2, 0.25) is 0 Å². The Morgan fingerprint density at radius 3 is 2.57 bits per heavy atom. The molecule has 0 amide bonds. The smallest absolute Gasteiger partial charge is 0.161 e. The van der Waals surface area contributed by atoms with E-state index < -0.39 is 5.60 Å². The molecule has 1 N–H and O–H groups in total. The van der Waals surface area contributed by atoms with Gasteiger partial charge in [-0.3, -0.25) is 4.79 Å². The van der Waals surface area contributed by atoms with Gasteiger partial charge in [-0.05, 0) is 33.1 Å². The maximum atomic E-state index is 10.9. The van der Waals surface area contributed by atoms with Crippen LogP contribution in [-0.4, -0.2) is 16.5 Å². The minimum Gasteiger partial charge on any atom is -0.382 e. The van der Waals surface area contributed by atoms with Crippen molar-refractivity contribution >= 4 is 5.78 Å². The topological polar surface area (TPSA) is 37.3 Å². The number of aliphatic hydroxyl groups is 1. The molecule has 2 heteroatoms. The fraction of sp³-hybridized carbons (Fsp3) is 0.583. The number of rotatable bonds is 7. The molecule has 0 aromatic rings. The normalized spacial score (nSPS) is 15.4. The van der Waals surface area contributed by atoms with Crippen molar-refractivity contribution in [1.29, 1.82) is 0 Å². The highest BCUT2D eigenvalue weighted by Crippen LogP contribution is 2.11. The van der Waals surface area contributed by atoms with Crippen LogP contribution in [0.4, 0.5) is 0 Å². The Labute approximate surface area is 86.3 Å². The molecule has 0 radical (unpaired) electrons. The summed E-state index contributed by atoms with van der Waals surface area (Å²) < 4.78 is 0. The summed E-state index contributed by atoms with van der Waals surface area (Å²) in [5.74, 6) is -0.187. The van der Waals surface area contributed by atoms with E-state index in [9.17, 15) is 9.90 Å². The van der Waals surface area contributed by atoms with Gasteiger partial charge in [0.25, 0.3) is 0 Å². The fourth-order valence-corrected chi connectivity index (χ4v) is 0.954. The zero-order chi connectivity index (χ0) is 11.0. The Bertz CT molecular complexity index is 214. The Morgan fingerprint density at radius 1 is 1.43 bits per heavy atom. The standard InChI is InChI=1S/C12H20O2/c1-4-5-6-7-8-9-10-12(3,14)11(2)13/h4,8-9,14H,1,5-7,10H2,2-3H3/b9-8+. The van der Waals surface area contributed by atoms with Gasteiger partial charge in [-0.2, -0.15) is 0 Å². The maximum Gasteiger partial charge on any atom is 0.161 e. The van der Waals surface area contributed by atoms with Gasteiger partial charge in [-0.15, -0.1) is 6.58 Å². The number of allylic oxidation sites excluding steroid dienone is 2. The molecule has 80 valence electrons. The molecular formula is C12H20O2. The van der Waals surface area contributed by atoms with E-state index in [1.807, 2.05) is 18.2 Å². The van der Waals surface area contributed by atoms with E-state index in [1.54, 1.807) is 6.92 Å². The van der Waals surface area contributed by atoms with Gasteiger partial charge in [0.1, 0.15) is 5.60 Å². The maximum absolute atomic E-state index is 10.9. The molecule has 0 fully saturated rings. The molecule has 0 aliphatic carbocycles. The zero-order valence-electron chi connectivity index (χ0n) is 9.12. The van der Waals surface area contributed by atoms with E-state index in [0.29, 0.717) is 6.42 Å². The molecule has 2 nitrogen and oxygen atoms in total. The van der Waals surface area contributed by atoms with Crippen LogP contribution in [0.15, 0.2) is 24.8 Å². The Kier molecular flexibility index (Phi) is 6.13. The van der Waals surface area contributed by atoms with Gasteiger partial charge in [0.05, 0.1) is 0 Å². The molecule has 0 aromatic carbocycles. The zero-order valence-corrected chi connectivity index (χ0v) is 9.12. The molecule has 1 unspecified atom stereocenters. The summed E-state index contributed by atoms with van der Waals surface area (Å²) in [5, 5.41) is 9.58. The molecule has 14 heavy (non-hydrogen) atoms. The van der Waals surface area contributed by atoms with E-state index in [-0.39, 0.29) is 5.78 Å². The lowest BCUT2D eigenvalue weighted by molar-refractivity contribution is -0.133. The number of hydrogen-bond acceptors (Lipinski definition) is 2.